The number of anilines is 2. The average Bonchev–Trinajstić information content (AvgIpc) is 2.61. The van der Waals surface area contributed by atoms with Gasteiger partial charge in [0.1, 0.15) is 6.04 Å². The lowest BCUT2D eigenvalue weighted by Crippen LogP contribution is -2.46. The first kappa shape index (κ1) is 10.1. The summed E-state index contributed by atoms with van der Waals surface area (Å²) in [5.41, 5.74) is 0.810. The Morgan fingerprint density at radius 1 is 1.62 bits per heavy atom. The molecule has 1 N–H and O–H groups in total. The second-order valence-electron chi connectivity index (χ2n) is 4.42. The van der Waals surface area contributed by atoms with Crippen molar-refractivity contribution in [2.75, 3.05) is 16.8 Å². The van der Waals surface area contributed by atoms with Crippen molar-refractivity contribution in [1.82, 2.24) is 4.98 Å². The van der Waals surface area contributed by atoms with Crippen LogP contribution in [0.4, 0.5) is 11.5 Å². The molecule has 84 valence electrons. The Bertz CT molecular complexity index is 463. The summed E-state index contributed by atoms with van der Waals surface area (Å²) in [4.78, 5) is 18.5. The van der Waals surface area contributed by atoms with Crippen LogP contribution in [0.25, 0.3) is 0 Å². The molecule has 0 aliphatic carbocycles. The van der Waals surface area contributed by atoms with E-state index in [4.69, 9.17) is 0 Å². The van der Waals surface area contributed by atoms with Gasteiger partial charge in [-0.3, -0.25) is 4.79 Å². The van der Waals surface area contributed by atoms with Crippen molar-refractivity contribution in [2.45, 2.75) is 19.4 Å². The first-order valence-corrected chi connectivity index (χ1v) is 6.19. The van der Waals surface area contributed by atoms with Crippen LogP contribution in [0.1, 0.15) is 13.3 Å². The summed E-state index contributed by atoms with van der Waals surface area (Å²) in [5, 5.41) is 2.93. The largest absolute Gasteiger partial charge is 0.343 e. The number of nitrogens with zero attached hydrogens (tertiary/aromatic N) is 2. The van der Waals surface area contributed by atoms with Gasteiger partial charge in [0.2, 0.25) is 5.91 Å². The zero-order valence-corrected chi connectivity index (χ0v) is 10.5. The van der Waals surface area contributed by atoms with Gasteiger partial charge < -0.3 is 10.2 Å². The summed E-state index contributed by atoms with van der Waals surface area (Å²) in [7, 11) is 0. The van der Waals surface area contributed by atoms with E-state index in [0.717, 1.165) is 28.9 Å². The highest BCUT2D eigenvalue weighted by Crippen LogP contribution is 2.38. The molecule has 2 unspecified atom stereocenters. The predicted octanol–water partition coefficient (Wildman–Crippen LogP) is 2.01. The summed E-state index contributed by atoms with van der Waals surface area (Å²) in [5.74, 6) is 1.40. The van der Waals surface area contributed by atoms with Gasteiger partial charge in [0.25, 0.3) is 0 Å². The maximum Gasteiger partial charge on any atom is 0.247 e. The van der Waals surface area contributed by atoms with E-state index < -0.39 is 0 Å². The summed E-state index contributed by atoms with van der Waals surface area (Å²) in [6, 6.07) is 1.86. The van der Waals surface area contributed by atoms with E-state index in [0.29, 0.717) is 5.92 Å². The Balaban J connectivity index is 2.09. The first-order valence-electron chi connectivity index (χ1n) is 5.40. The normalized spacial score (nSPS) is 27.4. The molecule has 0 aromatic carbocycles. The first-order chi connectivity index (χ1) is 7.66. The average molecular weight is 282 g/mol. The van der Waals surface area contributed by atoms with Crippen molar-refractivity contribution in [2.24, 2.45) is 5.92 Å². The third-order valence-electron chi connectivity index (χ3n) is 3.33. The Morgan fingerprint density at radius 3 is 3.25 bits per heavy atom. The minimum Gasteiger partial charge on any atom is -0.343 e. The zero-order valence-electron chi connectivity index (χ0n) is 8.90. The van der Waals surface area contributed by atoms with Crippen LogP contribution in [-0.2, 0) is 4.79 Å². The minimum atomic E-state index is -0.0406. The van der Waals surface area contributed by atoms with Crippen LogP contribution in [0.5, 0.6) is 0 Å². The molecule has 2 aliphatic heterocycles. The number of carbonyl (C=O) groups excluding carboxylic acids is 1. The number of hydrogen-bond acceptors (Lipinski definition) is 3. The van der Waals surface area contributed by atoms with E-state index in [9.17, 15) is 4.79 Å². The minimum absolute atomic E-state index is 0.0406. The quantitative estimate of drug-likeness (QED) is 0.791. The summed E-state index contributed by atoms with van der Waals surface area (Å²) in [6.07, 6.45) is 2.83. The van der Waals surface area contributed by atoms with Gasteiger partial charge >= 0.3 is 0 Å². The molecule has 2 atom stereocenters. The van der Waals surface area contributed by atoms with Crippen molar-refractivity contribution in [1.29, 1.82) is 0 Å². The summed E-state index contributed by atoms with van der Waals surface area (Å²) < 4.78 is 0.886. The molecule has 4 nitrogen and oxygen atoms in total. The van der Waals surface area contributed by atoms with E-state index in [1.807, 2.05) is 6.07 Å². The SMILES string of the molecule is CC1CCN2c3ncc(Br)cc3NC(=O)C12. The third-order valence-corrected chi connectivity index (χ3v) is 3.77. The number of pyridine rings is 1. The molecule has 5 heteroatoms. The Labute approximate surface area is 102 Å². The van der Waals surface area contributed by atoms with Gasteiger partial charge in [-0.1, -0.05) is 6.92 Å². The van der Waals surface area contributed by atoms with E-state index in [-0.39, 0.29) is 11.9 Å². The molecule has 1 saturated heterocycles. The molecule has 3 rings (SSSR count). The van der Waals surface area contributed by atoms with Gasteiger partial charge in [-0.2, -0.15) is 0 Å². The number of halogens is 1. The third kappa shape index (κ3) is 1.34. The van der Waals surface area contributed by atoms with E-state index in [1.54, 1.807) is 6.20 Å². The number of fused-ring (bicyclic) bond motifs is 3. The number of aromatic nitrogens is 1. The van der Waals surface area contributed by atoms with Crippen LogP contribution < -0.4 is 10.2 Å². The Kier molecular flexibility index (Phi) is 2.17. The molecule has 1 aromatic rings. The zero-order chi connectivity index (χ0) is 11.3. The molecule has 1 amide bonds. The van der Waals surface area contributed by atoms with Gasteiger partial charge in [-0.15, -0.1) is 0 Å². The highest BCUT2D eigenvalue weighted by atomic mass is 79.9. The molecule has 1 fully saturated rings. The van der Waals surface area contributed by atoms with Crippen molar-refractivity contribution in [3.8, 4) is 0 Å². The molecular formula is C11H12BrN3O. The van der Waals surface area contributed by atoms with Gasteiger partial charge in [0.15, 0.2) is 5.82 Å². The molecule has 0 bridgehead atoms. The van der Waals surface area contributed by atoms with Gasteiger partial charge in [0, 0.05) is 17.2 Å². The maximum atomic E-state index is 12.0. The van der Waals surface area contributed by atoms with E-state index in [1.165, 1.54) is 0 Å². The van der Waals surface area contributed by atoms with Crippen LogP contribution in [-0.4, -0.2) is 23.5 Å². The van der Waals surface area contributed by atoms with E-state index in [2.05, 4.69) is 38.1 Å². The van der Waals surface area contributed by atoms with E-state index >= 15 is 0 Å². The standard InChI is InChI=1S/C11H12BrN3O/c1-6-2-3-15-9(6)11(16)14-8-4-7(12)5-13-10(8)15/h4-6,9H,2-3H2,1H3,(H,14,16). The van der Waals surface area contributed by atoms with Crippen molar-refractivity contribution in [3.63, 3.8) is 0 Å². The molecule has 16 heavy (non-hydrogen) atoms. The lowest BCUT2D eigenvalue weighted by atomic mass is 10.0. The monoisotopic (exact) mass is 281 g/mol. The summed E-state index contributed by atoms with van der Waals surface area (Å²) in [6.45, 7) is 3.04. The smallest absolute Gasteiger partial charge is 0.247 e. The fourth-order valence-electron chi connectivity index (χ4n) is 2.54. The van der Waals surface area contributed by atoms with Crippen LogP contribution >= 0.6 is 15.9 Å². The second-order valence-corrected chi connectivity index (χ2v) is 5.33. The lowest BCUT2D eigenvalue weighted by Gasteiger charge is -2.33. The molecule has 1 aromatic heterocycles. The van der Waals surface area contributed by atoms with Gasteiger partial charge in [-0.05, 0) is 34.3 Å². The van der Waals surface area contributed by atoms with Crippen LogP contribution in [0.15, 0.2) is 16.7 Å². The number of hydrogen-bond donors (Lipinski definition) is 1. The van der Waals surface area contributed by atoms with Crippen molar-refractivity contribution >= 4 is 33.3 Å². The number of nitrogens with one attached hydrogen (secondary N) is 1. The Morgan fingerprint density at radius 2 is 2.44 bits per heavy atom. The predicted molar refractivity (Wildman–Crippen MR) is 65.5 cm³/mol. The van der Waals surface area contributed by atoms with Crippen LogP contribution in [0.2, 0.25) is 0 Å². The number of rotatable bonds is 0. The topological polar surface area (TPSA) is 45.2 Å². The highest BCUT2D eigenvalue weighted by Gasteiger charge is 2.41. The molecule has 3 heterocycles. The molecular weight excluding hydrogens is 270 g/mol. The molecule has 0 radical (unpaired) electrons. The lowest BCUT2D eigenvalue weighted by molar-refractivity contribution is -0.118. The number of carbonyl (C=O) groups is 1. The van der Waals surface area contributed by atoms with Crippen molar-refractivity contribution < 1.29 is 4.79 Å². The van der Waals surface area contributed by atoms with Crippen LogP contribution in [0.3, 0.4) is 0 Å². The second kappa shape index (κ2) is 3.45. The molecule has 0 spiro atoms. The highest BCUT2D eigenvalue weighted by molar-refractivity contribution is 9.10. The van der Waals surface area contributed by atoms with Gasteiger partial charge in [0.05, 0.1) is 5.69 Å². The molecule has 0 saturated carbocycles. The van der Waals surface area contributed by atoms with Crippen molar-refractivity contribution in [3.05, 3.63) is 16.7 Å². The van der Waals surface area contributed by atoms with Gasteiger partial charge in [-0.25, -0.2) is 4.98 Å². The fraction of sp³-hybridized carbons (Fsp3) is 0.455. The maximum absolute atomic E-state index is 12.0. The summed E-state index contributed by atoms with van der Waals surface area (Å²) >= 11 is 3.36. The van der Waals surface area contributed by atoms with Crippen LogP contribution in [0, 0.1) is 5.92 Å². The number of amides is 1. The Hall–Kier alpha value is -1.10. The fourth-order valence-corrected chi connectivity index (χ4v) is 2.88. The molecule has 2 aliphatic rings.